The fourth-order valence-corrected chi connectivity index (χ4v) is 1.65. The molecule has 0 aliphatic carbocycles. The number of rotatable bonds is 4. The van der Waals surface area contributed by atoms with E-state index in [2.05, 4.69) is 21.2 Å². The van der Waals surface area contributed by atoms with E-state index in [1.54, 1.807) is 6.92 Å². The van der Waals surface area contributed by atoms with Crippen LogP contribution in [0.2, 0.25) is 0 Å². The summed E-state index contributed by atoms with van der Waals surface area (Å²) in [6, 6.07) is 4.04. The molecule has 0 saturated carbocycles. The monoisotopic (exact) mass is 303 g/mol. The van der Waals surface area contributed by atoms with Gasteiger partial charge in [-0.25, -0.2) is 4.39 Å². The molecule has 2 N–H and O–H groups in total. The topological polar surface area (TPSA) is 66.4 Å². The molecule has 1 rings (SSSR count). The van der Waals surface area contributed by atoms with E-state index in [-0.39, 0.29) is 12.1 Å². The van der Waals surface area contributed by atoms with Crippen LogP contribution in [0.15, 0.2) is 22.7 Å². The van der Waals surface area contributed by atoms with E-state index in [1.165, 1.54) is 18.2 Å². The molecule has 0 fully saturated rings. The number of hydrogen-bond acceptors (Lipinski definition) is 2. The fraction of sp³-hybridized carbons (Fsp3) is 0.273. The van der Waals surface area contributed by atoms with Gasteiger partial charge in [0.05, 0.1) is 5.69 Å². The van der Waals surface area contributed by atoms with Crippen molar-refractivity contribution in [1.29, 1.82) is 0 Å². The molecular formula is C11H11BrFNO3. The van der Waals surface area contributed by atoms with Gasteiger partial charge in [0.15, 0.2) is 0 Å². The fourth-order valence-electron chi connectivity index (χ4n) is 1.29. The Hall–Kier alpha value is -1.43. The average Bonchev–Trinajstić information content (AvgIpc) is 2.24. The number of carbonyl (C=O) groups excluding carboxylic acids is 1. The number of aliphatic carboxylic acids is 1. The van der Waals surface area contributed by atoms with Crippen molar-refractivity contribution in [3.63, 3.8) is 0 Å². The van der Waals surface area contributed by atoms with Gasteiger partial charge in [0.2, 0.25) is 5.91 Å². The Labute approximate surface area is 106 Å². The van der Waals surface area contributed by atoms with E-state index in [1.807, 2.05) is 0 Å². The molecule has 0 heterocycles. The van der Waals surface area contributed by atoms with Crippen LogP contribution in [-0.4, -0.2) is 17.0 Å². The second kappa shape index (κ2) is 5.77. The summed E-state index contributed by atoms with van der Waals surface area (Å²) >= 11 is 3.13. The maximum atomic E-state index is 13.3. The number of halogens is 2. The molecule has 1 unspecified atom stereocenters. The summed E-state index contributed by atoms with van der Waals surface area (Å²) in [6.45, 7) is 1.58. The second-order valence-corrected chi connectivity index (χ2v) is 4.33. The van der Waals surface area contributed by atoms with Crippen molar-refractivity contribution in [2.24, 2.45) is 5.92 Å². The first-order valence-corrected chi connectivity index (χ1v) is 5.73. The largest absolute Gasteiger partial charge is 0.481 e. The summed E-state index contributed by atoms with van der Waals surface area (Å²) in [5, 5.41) is 11.0. The van der Waals surface area contributed by atoms with Crippen LogP contribution in [0, 0.1) is 11.7 Å². The van der Waals surface area contributed by atoms with Gasteiger partial charge < -0.3 is 10.4 Å². The highest BCUT2D eigenvalue weighted by Crippen LogP contribution is 2.21. The van der Waals surface area contributed by atoms with E-state index in [4.69, 9.17) is 5.11 Å². The Kier molecular flexibility index (Phi) is 4.62. The van der Waals surface area contributed by atoms with E-state index >= 15 is 0 Å². The Morgan fingerprint density at radius 1 is 1.53 bits per heavy atom. The van der Waals surface area contributed by atoms with Crippen molar-refractivity contribution in [2.75, 3.05) is 5.32 Å². The summed E-state index contributed by atoms with van der Waals surface area (Å²) in [5.74, 6) is -3.73. The molecule has 0 bridgehead atoms. The van der Waals surface area contributed by atoms with Crippen LogP contribution < -0.4 is 5.32 Å². The molecule has 1 atom stereocenters. The minimum absolute atomic E-state index is 0.0379. The van der Waals surface area contributed by atoms with E-state index in [0.717, 1.165) is 0 Å². The van der Waals surface area contributed by atoms with E-state index in [9.17, 15) is 14.0 Å². The van der Waals surface area contributed by atoms with Crippen LogP contribution in [-0.2, 0) is 9.59 Å². The minimum atomic E-state index is -1.22. The summed E-state index contributed by atoms with van der Waals surface area (Å²) in [6.07, 6.45) is 0.150. The first kappa shape index (κ1) is 13.6. The highest BCUT2D eigenvalue weighted by Gasteiger charge is 2.24. The van der Waals surface area contributed by atoms with Gasteiger partial charge in [-0.1, -0.05) is 22.9 Å². The van der Waals surface area contributed by atoms with Gasteiger partial charge in [-0.2, -0.15) is 0 Å². The van der Waals surface area contributed by atoms with Gasteiger partial charge in [-0.3, -0.25) is 9.59 Å². The highest BCUT2D eigenvalue weighted by molar-refractivity contribution is 9.10. The van der Waals surface area contributed by atoms with Crippen LogP contribution in [0.25, 0.3) is 0 Å². The molecule has 0 saturated heterocycles. The number of carboxylic acid groups (broad SMARTS) is 1. The smallest absolute Gasteiger partial charge is 0.316 e. The maximum Gasteiger partial charge on any atom is 0.316 e. The molecule has 1 amide bonds. The molecule has 17 heavy (non-hydrogen) atoms. The Morgan fingerprint density at radius 3 is 2.71 bits per heavy atom. The minimum Gasteiger partial charge on any atom is -0.481 e. The van der Waals surface area contributed by atoms with Gasteiger partial charge in [0, 0.05) is 4.47 Å². The maximum absolute atomic E-state index is 13.3. The lowest BCUT2D eigenvalue weighted by Crippen LogP contribution is -2.29. The molecule has 1 aromatic rings. The predicted molar refractivity (Wildman–Crippen MR) is 64.1 cm³/mol. The normalized spacial score (nSPS) is 11.9. The highest BCUT2D eigenvalue weighted by atomic mass is 79.9. The van der Waals surface area contributed by atoms with E-state index in [0.29, 0.717) is 4.47 Å². The molecular weight excluding hydrogens is 293 g/mol. The third-order valence-electron chi connectivity index (χ3n) is 2.21. The molecule has 0 radical (unpaired) electrons. The van der Waals surface area contributed by atoms with E-state index < -0.39 is 23.6 Å². The molecule has 6 heteroatoms. The molecule has 0 spiro atoms. The average molecular weight is 304 g/mol. The van der Waals surface area contributed by atoms with Crippen LogP contribution in [0.4, 0.5) is 10.1 Å². The predicted octanol–water partition coefficient (Wildman–Crippen LogP) is 2.64. The lowest BCUT2D eigenvalue weighted by molar-refractivity contribution is -0.145. The Morgan fingerprint density at radius 2 is 2.18 bits per heavy atom. The number of benzene rings is 1. The second-order valence-electron chi connectivity index (χ2n) is 3.41. The van der Waals surface area contributed by atoms with Gasteiger partial charge in [0.25, 0.3) is 0 Å². The van der Waals surface area contributed by atoms with Crippen LogP contribution in [0.1, 0.15) is 13.3 Å². The molecule has 1 aromatic carbocycles. The van der Waals surface area contributed by atoms with Gasteiger partial charge in [-0.05, 0) is 24.6 Å². The summed E-state index contributed by atoms with van der Waals surface area (Å²) < 4.78 is 13.9. The van der Waals surface area contributed by atoms with Crippen molar-refractivity contribution >= 4 is 33.5 Å². The van der Waals surface area contributed by atoms with Crippen molar-refractivity contribution in [3.8, 4) is 0 Å². The van der Waals surface area contributed by atoms with Crippen LogP contribution in [0.5, 0.6) is 0 Å². The lowest BCUT2D eigenvalue weighted by atomic mass is 10.1. The van der Waals surface area contributed by atoms with Crippen molar-refractivity contribution in [3.05, 3.63) is 28.5 Å². The summed E-state index contributed by atoms with van der Waals surface area (Å²) in [4.78, 5) is 22.3. The Bertz CT molecular complexity index is 450. The quantitative estimate of drug-likeness (QED) is 0.840. The zero-order valence-electron chi connectivity index (χ0n) is 9.04. The molecule has 4 nitrogen and oxygen atoms in total. The van der Waals surface area contributed by atoms with Crippen molar-refractivity contribution in [2.45, 2.75) is 13.3 Å². The van der Waals surface area contributed by atoms with Gasteiger partial charge >= 0.3 is 5.97 Å². The number of amides is 1. The molecule has 0 aromatic heterocycles. The first-order valence-electron chi connectivity index (χ1n) is 4.94. The molecule has 0 aliphatic heterocycles. The van der Waals surface area contributed by atoms with Crippen LogP contribution >= 0.6 is 15.9 Å². The standard InChI is InChI=1S/C11H11BrFNO3/c1-2-7(11(16)17)10(15)14-9-5-6(12)3-4-8(9)13/h3-5,7H,2H2,1H3,(H,14,15)(H,16,17). The molecule has 92 valence electrons. The van der Waals surface area contributed by atoms with Crippen LogP contribution in [0.3, 0.4) is 0 Å². The lowest BCUT2D eigenvalue weighted by Gasteiger charge is -2.11. The number of anilines is 1. The number of nitrogens with one attached hydrogen (secondary N) is 1. The number of carboxylic acids is 1. The van der Waals surface area contributed by atoms with Gasteiger partial charge in [-0.15, -0.1) is 0 Å². The van der Waals surface area contributed by atoms with Crippen molar-refractivity contribution in [1.82, 2.24) is 0 Å². The number of carbonyl (C=O) groups is 2. The summed E-state index contributed by atoms with van der Waals surface area (Å²) in [7, 11) is 0. The first-order chi connectivity index (χ1) is 7.95. The Balaban J connectivity index is 2.87. The van der Waals surface area contributed by atoms with Gasteiger partial charge in [0.1, 0.15) is 11.7 Å². The summed E-state index contributed by atoms with van der Waals surface area (Å²) in [5.41, 5.74) is -0.0379. The molecule has 0 aliphatic rings. The van der Waals surface area contributed by atoms with Crippen molar-refractivity contribution < 1.29 is 19.1 Å². The zero-order chi connectivity index (χ0) is 13.0. The third kappa shape index (κ3) is 3.52. The zero-order valence-corrected chi connectivity index (χ0v) is 10.6. The number of hydrogen-bond donors (Lipinski definition) is 2. The SMILES string of the molecule is CCC(C(=O)O)C(=O)Nc1cc(Br)ccc1F. The third-order valence-corrected chi connectivity index (χ3v) is 2.70.